The van der Waals surface area contributed by atoms with Crippen LogP contribution in [-0.4, -0.2) is 25.3 Å². The summed E-state index contributed by atoms with van der Waals surface area (Å²) < 4.78 is 6.02. The number of cyclic esters (lactones) is 1. The van der Waals surface area contributed by atoms with Crippen molar-refractivity contribution in [1.82, 2.24) is 0 Å². The highest BCUT2D eigenvalue weighted by Crippen LogP contribution is 2.25. The van der Waals surface area contributed by atoms with E-state index in [1.807, 2.05) is 24.3 Å². The molecule has 2 rings (SSSR count). The van der Waals surface area contributed by atoms with Crippen molar-refractivity contribution in [3.8, 4) is 0 Å². The van der Waals surface area contributed by atoms with E-state index in [1.54, 1.807) is 4.90 Å². The van der Waals surface area contributed by atoms with Crippen molar-refractivity contribution in [2.45, 2.75) is 12.5 Å². The fourth-order valence-electron chi connectivity index (χ4n) is 1.78. The topological polar surface area (TPSA) is 55.6 Å². The van der Waals surface area contributed by atoms with Crippen LogP contribution in [0.2, 0.25) is 0 Å². The second-order valence-electron chi connectivity index (χ2n) is 3.65. The number of rotatable bonds is 3. The first-order valence-electron chi connectivity index (χ1n) is 5.14. The Morgan fingerprint density at radius 2 is 2.12 bits per heavy atom. The molecule has 86 valence electrons. The van der Waals surface area contributed by atoms with Gasteiger partial charge in [-0.15, -0.1) is 0 Å². The predicted molar refractivity (Wildman–Crippen MR) is 65.4 cm³/mol. The zero-order valence-electron chi connectivity index (χ0n) is 8.73. The zero-order chi connectivity index (χ0) is 11.5. The summed E-state index contributed by atoms with van der Waals surface area (Å²) in [6, 6.07) is 7.64. The number of ether oxygens (including phenoxy) is 1. The summed E-state index contributed by atoms with van der Waals surface area (Å²) in [5.41, 5.74) is 6.37. The molecule has 0 aliphatic carbocycles. The highest BCUT2D eigenvalue weighted by atomic mass is 79.9. The Kier molecular flexibility index (Phi) is 3.46. The molecule has 1 amide bonds. The number of carbonyl (C=O) groups excluding carboxylic acids is 1. The average molecular weight is 285 g/mol. The lowest BCUT2D eigenvalue weighted by Gasteiger charge is -2.20. The molecular formula is C11H13BrN2O2. The van der Waals surface area contributed by atoms with Crippen molar-refractivity contribution in [3.63, 3.8) is 0 Å². The van der Waals surface area contributed by atoms with Crippen molar-refractivity contribution in [1.29, 1.82) is 0 Å². The van der Waals surface area contributed by atoms with E-state index in [9.17, 15) is 4.79 Å². The smallest absolute Gasteiger partial charge is 0.414 e. The fourth-order valence-corrected chi connectivity index (χ4v) is 2.05. The highest BCUT2D eigenvalue weighted by Gasteiger charge is 2.33. The molecule has 1 fully saturated rings. The van der Waals surface area contributed by atoms with Crippen LogP contribution in [-0.2, 0) is 4.74 Å². The number of carbonyl (C=O) groups is 1. The maximum absolute atomic E-state index is 11.6. The van der Waals surface area contributed by atoms with Crippen LogP contribution in [0.25, 0.3) is 0 Å². The molecule has 1 aliphatic heterocycles. The van der Waals surface area contributed by atoms with Crippen LogP contribution in [0.5, 0.6) is 0 Å². The zero-order valence-corrected chi connectivity index (χ0v) is 10.3. The van der Waals surface area contributed by atoms with Gasteiger partial charge in [0, 0.05) is 10.2 Å². The third-order valence-electron chi connectivity index (χ3n) is 2.57. The average Bonchev–Trinajstić information content (AvgIpc) is 2.62. The Balaban J connectivity index is 2.22. The first-order chi connectivity index (χ1) is 7.72. The molecule has 4 nitrogen and oxygen atoms in total. The molecule has 1 aromatic rings. The summed E-state index contributed by atoms with van der Waals surface area (Å²) in [7, 11) is 0. The standard InChI is InChI=1S/C11H13BrN2O2/c12-8-1-3-9(4-2-8)14-10(5-6-13)7-16-11(14)15/h1-4,10H,5-7,13H2. The molecule has 0 radical (unpaired) electrons. The number of hydrogen-bond acceptors (Lipinski definition) is 3. The number of nitrogens with two attached hydrogens (primary N) is 1. The van der Waals surface area contributed by atoms with Gasteiger partial charge in [-0.25, -0.2) is 4.79 Å². The third kappa shape index (κ3) is 2.20. The van der Waals surface area contributed by atoms with Gasteiger partial charge in [0.05, 0.1) is 6.04 Å². The molecule has 1 aliphatic rings. The minimum absolute atomic E-state index is 0.0543. The lowest BCUT2D eigenvalue weighted by atomic mass is 10.2. The lowest BCUT2D eigenvalue weighted by Crippen LogP contribution is -2.34. The van der Waals surface area contributed by atoms with Gasteiger partial charge >= 0.3 is 6.09 Å². The van der Waals surface area contributed by atoms with Crippen molar-refractivity contribution in [2.75, 3.05) is 18.1 Å². The quantitative estimate of drug-likeness (QED) is 0.925. The van der Waals surface area contributed by atoms with Gasteiger partial charge in [-0.2, -0.15) is 0 Å². The number of nitrogens with zero attached hydrogens (tertiary/aromatic N) is 1. The van der Waals surface area contributed by atoms with E-state index in [2.05, 4.69) is 15.9 Å². The van der Waals surface area contributed by atoms with Gasteiger partial charge in [0.25, 0.3) is 0 Å². The minimum Gasteiger partial charge on any atom is -0.447 e. The summed E-state index contributed by atoms with van der Waals surface area (Å²) in [5.74, 6) is 0. The van der Waals surface area contributed by atoms with E-state index in [1.165, 1.54) is 0 Å². The fraction of sp³-hybridized carbons (Fsp3) is 0.364. The molecule has 0 spiro atoms. The van der Waals surface area contributed by atoms with Gasteiger partial charge < -0.3 is 10.5 Å². The SMILES string of the molecule is NCCC1COC(=O)N1c1ccc(Br)cc1. The molecule has 1 atom stereocenters. The van der Waals surface area contributed by atoms with Crippen molar-refractivity contribution >= 4 is 27.7 Å². The molecule has 0 saturated carbocycles. The van der Waals surface area contributed by atoms with Crippen LogP contribution in [0, 0.1) is 0 Å². The second-order valence-corrected chi connectivity index (χ2v) is 4.57. The first kappa shape index (κ1) is 11.4. The third-order valence-corrected chi connectivity index (χ3v) is 3.09. The van der Waals surface area contributed by atoms with Gasteiger partial charge in [0.2, 0.25) is 0 Å². The summed E-state index contributed by atoms with van der Waals surface area (Å²) >= 11 is 3.36. The maximum atomic E-state index is 11.6. The van der Waals surface area contributed by atoms with Crippen LogP contribution >= 0.6 is 15.9 Å². The van der Waals surface area contributed by atoms with Gasteiger partial charge in [-0.05, 0) is 37.2 Å². The predicted octanol–water partition coefficient (Wildman–Crippen LogP) is 2.12. The summed E-state index contributed by atoms with van der Waals surface area (Å²) in [5, 5.41) is 0. The minimum atomic E-state index is -0.291. The van der Waals surface area contributed by atoms with Crippen LogP contribution in [0.4, 0.5) is 10.5 Å². The Labute approximate surface area is 102 Å². The molecule has 2 N–H and O–H groups in total. The largest absolute Gasteiger partial charge is 0.447 e. The van der Waals surface area contributed by atoms with E-state index in [4.69, 9.17) is 10.5 Å². The number of benzene rings is 1. The Bertz CT molecular complexity index is 380. The molecule has 1 saturated heterocycles. The number of amides is 1. The monoisotopic (exact) mass is 284 g/mol. The Hall–Kier alpha value is -1.07. The Morgan fingerprint density at radius 3 is 2.75 bits per heavy atom. The molecule has 1 unspecified atom stereocenters. The normalized spacial score (nSPS) is 20.0. The molecule has 0 aromatic heterocycles. The number of hydrogen-bond donors (Lipinski definition) is 1. The maximum Gasteiger partial charge on any atom is 0.414 e. The molecule has 16 heavy (non-hydrogen) atoms. The number of anilines is 1. The van der Waals surface area contributed by atoms with Crippen molar-refractivity contribution in [2.24, 2.45) is 5.73 Å². The molecule has 0 bridgehead atoms. The van der Waals surface area contributed by atoms with Gasteiger partial charge in [-0.3, -0.25) is 4.90 Å². The summed E-state index contributed by atoms with van der Waals surface area (Å²) in [4.78, 5) is 13.3. The van der Waals surface area contributed by atoms with Crippen LogP contribution in [0.3, 0.4) is 0 Å². The van der Waals surface area contributed by atoms with E-state index >= 15 is 0 Å². The summed E-state index contributed by atoms with van der Waals surface area (Å²) in [6.07, 6.45) is 0.461. The van der Waals surface area contributed by atoms with Crippen molar-refractivity contribution < 1.29 is 9.53 Å². The molecular weight excluding hydrogens is 272 g/mol. The van der Waals surface area contributed by atoms with Gasteiger partial charge in [0.1, 0.15) is 6.61 Å². The highest BCUT2D eigenvalue weighted by molar-refractivity contribution is 9.10. The lowest BCUT2D eigenvalue weighted by molar-refractivity contribution is 0.178. The van der Waals surface area contributed by atoms with Crippen LogP contribution in [0.1, 0.15) is 6.42 Å². The molecule has 1 aromatic carbocycles. The summed E-state index contributed by atoms with van der Waals surface area (Å²) in [6.45, 7) is 0.973. The van der Waals surface area contributed by atoms with E-state index in [-0.39, 0.29) is 12.1 Å². The number of halogens is 1. The molecule has 1 heterocycles. The first-order valence-corrected chi connectivity index (χ1v) is 5.93. The molecule has 5 heteroatoms. The Morgan fingerprint density at radius 1 is 1.44 bits per heavy atom. The van der Waals surface area contributed by atoms with Gasteiger partial charge in [0.15, 0.2) is 0 Å². The van der Waals surface area contributed by atoms with Crippen molar-refractivity contribution in [3.05, 3.63) is 28.7 Å². The van der Waals surface area contributed by atoms with E-state index < -0.39 is 0 Å². The van der Waals surface area contributed by atoms with Crippen LogP contribution in [0.15, 0.2) is 28.7 Å². The second kappa shape index (κ2) is 4.84. The van der Waals surface area contributed by atoms with Crippen LogP contribution < -0.4 is 10.6 Å². The van der Waals surface area contributed by atoms with E-state index in [0.29, 0.717) is 13.2 Å². The van der Waals surface area contributed by atoms with Gasteiger partial charge in [-0.1, -0.05) is 15.9 Å². The van der Waals surface area contributed by atoms with E-state index in [0.717, 1.165) is 16.6 Å².